The second-order valence-electron chi connectivity index (χ2n) is 4.17. The predicted octanol–water partition coefficient (Wildman–Crippen LogP) is 3.76. The minimum absolute atomic E-state index is 0.375. The van der Waals surface area contributed by atoms with E-state index in [2.05, 4.69) is 21.0 Å². The van der Waals surface area contributed by atoms with Crippen LogP contribution in [0, 0.1) is 6.92 Å². The zero-order valence-electron chi connectivity index (χ0n) is 10.2. The van der Waals surface area contributed by atoms with E-state index < -0.39 is 11.7 Å². The first kappa shape index (κ1) is 13.9. The summed E-state index contributed by atoms with van der Waals surface area (Å²) in [6.07, 6.45) is -4.39. The van der Waals surface area contributed by atoms with Crippen molar-refractivity contribution in [1.82, 2.24) is 9.78 Å². The molecule has 0 amide bonds. The zero-order valence-corrected chi connectivity index (χ0v) is 11.8. The van der Waals surface area contributed by atoms with Gasteiger partial charge in [-0.2, -0.15) is 18.3 Å². The minimum Gasteiger partial charge on any atom is -0.384 e. The lowest BCUT2D eigenvalue weighted by Crippen LogP contribution is -2.05. The van der Waals surface area contributed by atoms with Gasteiger partial charge >= 0.3 is 6.18 Å². The van der Waals surface area contributed by atoms with Crippen molar-refractivity contribution in [2.75, 3.05) is 5.73 Å². The summed E-state index contributed by atoms with van der Waals surface area (Å²) in [6.45, 7) is 1.73. The molecule has 0 bridgehead atoms. The van der Waals surface area contributed by atoms with Gasteiger partial charge in [-0.25, -0.2) is 0 Å². The average molecular weight is 334 g/mol. The van der Waals surface area contributed by atoms with Gasteiger partial charge in [0.05, 0.1) is 11.3 Å². The van der Waals surface area contributed by atoms with E-state index in [4.69, 9.17) is 5.73 Å². The highest BCUT2D eigenvalue weighted by molar-refractivity contribution is 9.10. The van der Waals surface area contributed by atoms with Crippen LogP contribution >= 0.6 is 15.9 Å². The molecular formula is C12H11BrF3N3. The molecule has 1 aromatic heterocycles. The molecule has 0 unspecified atom stereocenters. The molecule has 0 aliphatic rings. The highest BCUT2D eigenvalue weighted by Crippen LogP contribution is 2.37. The van der Waals surface area contributed by atoms with Gasteiger partial charge in [0.1, 0.15) is 5.82 Å². The monoisotopic (exact) mass is 333 g/mol. The van der Waals surface area contributed by atoms with Crippen LogP contribution in [-0.2, 0) is 13.2 Å². The summed E-state index contributed by atoms with van der Waals surface area (Å²) in [4.78, 5) is 0. The second-order valence-corrected chi connectivity index (χ2v) is 5.03. The lowest BCUT2D eigenvalue weighted by atomic mass is 10.1. The molecule has 1 aromatic carbocycles. The van der Waals surface area contributed by atoms with Crippen molar-refractivity contribution in [3.05, 3.63) is 33.8 Å². The lowest BCUT2D eigenvalue weighted by molar-refractivity contribution is -0.137. The molecule has 7 heteroatoms. The maximum Gasteiger partial charge on any atom is 0.416 e. The fraction of sp³-hybridized carbons (Fsp3) is 0.250. The number of halogens is 4. The van der Waals surface area contributed by atoms with Gasteiger partial charge in [0, 0.05) is 22.6 Å². The fourth-order valence-corrected chi connectivity index (χ4v) is 2.22. The molecule has 2 rings (SSSR count). The van der Waals surface area contributed by atoms with Crippen molar-refractivity contribution in [3.63, 3.8) is 0 Å². The standard InChI is InChI=1S/C12H11BrF3N3/c1-6-10(18-19(2)11(6)17)8-5-7(12(14,15)16)3-4-9(8)13/h3-5H,17H2,1-2H3. The van der Waals surface area contributed by atoms with Crippen molar-refractivity contribution in [3.8, 4) is 11.3 Å². The first-order valence-corrected chi connectivity index (χ1v) is 6.17. The molecule has 19 heavy (non-hydrogen) atoms. The molecule has 0 aliphatic carbocycles. The Morgan fingerprint density at radius 1 is 1.32 bits per heavy atom. The summed E-state index contributed by atoms with van der Waals surface area (Å²) in [7, 11) is 1.65. The largest absolute Gasteiger partial charge is 0.416 e. The van der Waals surface area contributed by atoms with Crippen LogP contribution in [0.15, 0.2) is 22.7 Å². The first-order valence-electron chi connectivity index (χ1n) is 5.38. The van der Waals surface area contributed by atoms with Crippen LogP contribution in [0.1, 0.15) is 11.1 Å². The molecule has 2 N–H and O–H groups in total. The van der Waals surface area contributed by atoms with Crippen molar-refractivity contribution in [1.29, 1.82) is 0 Å². The van der Waals surface area contributed by atoms with Gasteiger partial charge in [0.25, 0.3) is 0 Å². The minimum atomic E-state index is -4.39. The third kappa shape index (κ3) is 2.47. The Morgan fingerprint density at radius 2 is 1.95 bits per heavy atom. The van der Waals surface area contributed by atoms with E-state index in [1.165, 1.54) is 10.7 Å². The van der Waals surface area contributed by atoms with Gasteiger partial charge in [0.15, 0.2) is 0 Å². The Morgan fingerprint density at radius 3 is 2.42 bits per heavy atom. The summed E-state index contributed by atoms with van der Waals surface area (Å²) in [5.41, 5.74) is 6.54. The molecule has 2 aromatic rings. The Hall–Kier alpha value is -1.50. The number of nitrogens with zero attached hydrogens (tertiary/aromatic N) is 2. The van der Waals surface area contributed by atoms with Gasteiger partial charge < -0.3 is 5.73 Å². The Labute approximate surface area is 116 Å². The maximum atomic E-state index is 12.7. The van der Waals surface area contributed by atoms with E-state index in [0.717, 1.165) is 12.1 Å². The molecular weight excluding hydrogens is 323 g/mol. The molecule has 0 atom stereocenters. The summed E-state index contributed by atoms with van der Waals surface area (Å²) in [5.74, 6) is 0.430. The summed E-state index contributed by atoms with van der Waals surface area (Å²) >= 11 is 3.24. The highest BCUT2D eigenvalue weighted by atomic mass is 79.9. The van der Waals surface area contributed by atoms with E-state index in [-0.39, 0.29) is 0 Å². The number of hydrogen-bond donors (Lipinski definition) is 1. The van der Waals surface area contributed by atoms with Gasteiger partial charge in [-0.1, -0.05) is 15.9 Å². The van der Waals surface area contributed by atoms with Gasteiger partial charge in [-0.15, -0.1) is 0 Å². The summed E-state index contributed by atoms with van der Waals surface area (Å²) in [5, 5.41) is 4.16. The Bertz CT molecular complexity index is 632. The maximum absolute atomic E-state index is 12.7. The molecule has 0 saturated heterocycles. The van der Waals surface area contributed by atoms with Crippen LogP contribution < -0.4 is 5.73 Å². The molecule has 0 fully saturated rings. The zero-order chi connectivity index (χ0) is 14.4. The molecule has 1 heterocycles. The number of aryl methyl sites for hydroxylation is 1. The lowest BCUT2D eigenvalue weighted by Gasteiger charge is -2.09. The van der Waals surface area contributed by atoms with Gasteiger partial charge in [-0.05, 0) is 25.1 Å². The van der Waals surface area contributed by atoms with Crippen LogP contribution in [0.4, 0.5) is 19.0 Å². The third-order valence-corrected chi connectivity index (χ3v) is 3.58. The number of anilines is 1. The van der Waals surface area contributed by atoms with Crippen molar-refractivity contribution >= 4 is 21.7 Å². The molecule has 102 valence electrons. The van der Waals surface area contributed by atoms with Gasteiger partial charge in [-0.3, -0.25) is 4.68 Å². The number of benzene rings is 1. The first-order chi connectivity index (χ1) is 8.71. The van der Waals surface area contributed by atoms with Crippen LogP contribution in [0.5, 0.6) is 0 Å². The molecule has 3 nitrogen and oxygen atoms in total. The van der Waals surface area contributed by atoms with Crippen LogP contribution in [0.2, 0.25) is 0 Å². The van der Waals surface area contributed by atoms with E-state index in [0.29, 0.717) is 27.1 Å². The molecule has 0 aliphatic heterocycles. The van der Waals surface area contributed by atoms with Crippen molar-refractivity contribution in [2.45, 2.75) is 13.1 Å². The molecule has 0 spiro atoms. The Balaban J connectivity index is 2.65. The smallest absolute Gasteiger partial charge is 0.384 e. The highest BCUT2D eigenvalue weighted by Gasteiger charge is 2.31. The quantitative estimate of drug-likeness (QED) is 0.863. The van der Waals surface area contributed by atoms with E-state index in [9.17, 15) is 13.2 Å². The summed E-state index contributed by atoms with van der Waals surface area (Å²) < 4.78 is 40.2. The number of rotatable bonds is 1. The molecule has 0 saturated carbocycles. The topological polar surface area (TPSA) is 43.8 Å². The number of nitrogens with two attached hydrogens (primary N) is 1. The van der Waals surface area contributed by atoms with E-state index in [1.54, 1.807) is 14.0 Å². The fourth-order valence-electron chi connectivity index (χ4n) is 1.78. The molecule has 0 radical (unpaired) electrons. The van der Waals surface area contributed by atoms with Crippen LogP contribution in [0.25, 0.3) is 11.3 Å². The number of nitrogen functional groups attached to an aromatic ring is 1. The SMILES string of the molecule is Cc1c(-c2cc(C(F)(F)F)ccc2Br)nn(C)c1N. The predicted molar refractivity (Wildman–Crippen MR) is 70.5 cm³/mol. The third-order valence-electron chi connectivity index (χ3n) is 2.89. The van der Waals surface area contributed by atoms with E-state index >= 15 is 0 Å². The van der Waals surface area contributed by atoms with Gasteiger partial charge in [0.2, 0.25) is 0 Å². The average Bonchev–Trinajstić information content (AvgIpc) is 2.56. The normalized spacial score (nSPS) is 11.9. The number of alkyl halides is 3. The number of hydrogen-bond acceptors (Lipinski definition) is 2. The van der Waals surface area contributed by atoms with Crippen LogP contribution in [0.3, 0.4) is 0 Å². The van der Waals surface area contributed by atoms with E-state index in [1.807, 2.05) is 0 Å². The summed E-state index contributed by atoms with van der Waals surface area (Å²) in [6, 6.07) is 3.45. The second kappa shape index (κ2) is 4.56. The van der Waals surface area contributed by atoms with Crippen molar-refractivity contribution < 1.29 is 13.2 Å². The Kier molecular flexibility index (Phi) is 3.34. The number of aromatic nitrogens is 2. The van der Waals surface area contributed by atoms with Crippen molar-refractivity contribution in [2.24, 2.45) is 7.05 Å². The van der Waals surface area contributed by atoms with Crippen LogP contribution in [-0.4, -0.2) is 9.78 Å².